The summed E-state index contributed by atoms with van der Waals surface area (Å²) < 4.78 is 5.17. The van der Waals surface area contributed by atoms with Crippen molar-refractivity contribution in [2.24, 2.45) is 0 Å². The van der Waals surface area contributed by atoms with Crippen LogP contribution in [0.15, 0.2) is 18.2 Å². The summed E-state index contributed by atoms with van der Waals surface area (Å²) in [6.07, 6.45) is -0.542. The number of aliphatic hydroxyl groups excluding tert-OH is 1. The molecule has 2 N–H and O–H groups in total. The molecule has 0 radical (unpaired) electrons. The third-order valence-electron chi connectivity index (χ3n) is 1.77. The number of aromatic hydroxyl groups is 1. The first kappa shape index (κ1) is 9.86. The van der Waals surface area contributed by atoms with Crippen molar-refractivity contribution in [2.45, 2.75) is 20.0 Å². The van der Waals surface area contributed by atoms with Crippen LogP contribution in [0.5, 0.6) is 11.5 Å². The average molecular weight is 182 g/mol. The van der Waals surface area contributed by atoms with Crippen LogP contribution in [0.25, 0.3) is 0 Å². The van der Waals surface area contributed by atoms with E-state index < -0.39 is 6.10 Å². The van der Waals surface area contributed by atoms with Crippen LogP contribution >= 0.6 is 0 Å². The van der Waals surface area contributed by atoms with Gasteiger partial charge in [0.2, 0.25) is 0 Å². The molecule has 0 spiro atoms. The van der Waals surface area contributed by atoms with Crippen LogP contribution in [-0.4, -0.2) is 16.8 Å². The van der Waals surface area contributed by atoms with Gasteiger partial charge in [-0.15, -0.1) is 0 Å². The summed E-state index contributed by atoms with van der Waals surface area (Å²) in [6.45, 7) is 4.01. The van der Waals surface area contributed by atoms with E-state index in [1.807, 2.05) is 6.92 Å². The van der Waals surface area contributed by atoms with Crippen LogP contribution in [0.2, 0.25) is 0 Å². The summed E-state index contributed by atoms with van der Waals surface area (Å²) in [6, 6.07) is 4.83. The molecule has 0 bridgehead atoms. The van der Waals surface area contributed by atoms with Crippen molar-refractivity contribution in [3.05, 3.63) is 23.8 Å². The van der Waals surface area contributed by atoms with E-state index in [1.54, 1.807) is 19.1 Å². The topological polar surface area (TPSA) is 49.7 Å². The van der Waals surface area contributed by atoms with Gasteiger partial charge in [-0.2, -0.15) is 0 Å². The fourth-order valence-electron chi connectivity index (χ4n) is 1.06. The van der Waals surface area contributed by atoms with E-state index in [0.717, 1.165) is 5.56 Å². The van der Waals surface area contributed by atoms with E-state index in [4.69, 9.17) is 4.74 Å². The predicted octanol–water partition coefficient (Wildman–Crippen LogP) is 1.84. The normalized spacial score (nSPS) is 12.5. The molecule has 0 heterocycles. The highest BCUT2D eigenvalue weighted by atomic mass is 16.5. The number of benzene rings is 1. The molecule has 72 valence electrons. The van der Waals surface area contributed by atoms with Gasteiger partial charge in [0.1, 0.15) is 0 Å². The Hall–Kier alpha value is -1.22. The Kier molecular flexibility index (Phi) is 3.14. The first-order valence-corrected chi connectivity index (χ1v) is 4.29. The van der Waals surface area contributed by atoms with Crippen molar-refractivity contribution in [2.75, 3.05) is 6.61 Å². The minimum Gasteiger partial charge on any atom is -0.504 e. The second-order valence-corrected chi connectivity index (χ2v) is 2.84. The highest BCUT2D eigenvalue weighted by Gasteiger charge is 2.06. The summed E-state index contributed by atoms with van der Waals surface area (Å²) in [4.78, 5) is 0. The van der Waals surface area contributed by atoms with Crippen molar-refractivity contribution < 1.29 is 14.9 Å². The molecule has 1 rings (SSSR count). The van der Waals surface area contributed by atoms with E-state index in [2.05, 4.69) is 0 Å². The van der Waals surface area contributed by atoms with Gasteiger partial charge in [0.25, 0.3) is 0 Å². The van der Waals surface area contributed by atoms with Crippen molar-refractivity contribution in [1.82, 2.24) is 0 Å². The monoisotopic (exact) mass is 182 g/mol. The minimum absolute atomic E-state index is 0.103. The Balaban J connectivity index is 2.97. The smallest absolute Gasteiger partial charge is 0.161 e. The first-order valence-electron chi connectivity index (χ1n) is 4.29. The maximum absolute atomic E-state index is 9.34. The van der Waals surface area contributed by atoms with E-state index in [9.17, 15) is 10.2 Å². The van der Waals surface area contributed by atoms with Gasteiger partial charge >= 0.3 is 0 Å². The Morgan fingerprint density at radius 2 is 2.15 bits per heavy atom. The van der Waals surface area contributed by atoms with Gasteiger partial charge in [0, 0.05) is 0 Å². The van der Waals surface area contributed by atoms with E-state index >= 15 is 0 Å². The standard InChI is InChI=1S/C10H14O3/c1-3-13-10-6-8(7(2)11)4-5-9(10)12/h4-7,11-12H,3H2,1-2H3. The third kappa shape index (κ3) is 2.36. The second kappa shape index (κ2) is 4.14. The molecule has 0 saturated carbocycles. The maximum Gasteiger partial charge on any atom is 0.161 e. The lowest BCUT2D eigenvalue weighted by Crippen LogP contribution is -1.95. The number of aliphatic hydroxyl groups is 1. The van der Waals surface area contributed by atoms with Crippen LogP contribution < -0.4 is 4.74 Å². The molecule has 0 aliphatic heterocycles. The first-order chi connectivity index (χ1) is 6.15. The molecule has 1 unspecified atom stereocenters. The summed E-state index contributed by atoms with van der Waals surface area (Å²) in [7, 11) is 0. The molecule has 3 heteroatoms. The summed E-state index contributed by atoms with van der Waals surface area (Å²) in [5.41, 5.74) is 0.737. The van der Waals surface area contributed by atoms with Crippen LogP contribution in [0, 0.1) is 0 Å². The maximum atomic E-state index is 9.34. The Labute approximate surface area is 77.6 Å². The van der Waals surface area contributed by atoms with Gasteiger partial charge in [-0.3, -0.25) is 0 Å². The molecule has 0 aliphatic rings. The molecular formula is C10H14O3. The van der Waals surface area contributed by atoms with E-state index in [0.29, 0.717) is 12.4 Å². The molecule has 1 aromatic rings. The molecular weight excluding hydrogens is 168 g/mol. The Morgan fingerprint density at radius 1 is 1.46 bits per heavy atom. The number of ether oxygens (including phenoxy) is 1. The largest absolute Gasteiger partial charge is 0.504 e. The molecule has 1 aromatic carbocycles. The van der Waals surface area contributed by atoms with Gasteiger partial charge in [0.15, 0.2) is 11.5 Å². The van der Waals surface area contributed by atoms with Gasteiger partial charge < -0.3 is 14.9 Å². The number of rotatable bonds is 3. The molecule has 0 fully saturated rings. The van der Waals surface area contributed by atoms with Gasteiger partial charge in [-0.05, 0) is 31.5 Å². The highest BCUT2D eigenvalue weighted by Crippen LogP contribution is 2.28. The zero-order valence-corrected chi connectivity index (χ0v) is 7.82. The van der Waals surface area contributed by atoms with Gasteiger partial charge in [0.05, 0.1) is 12.7 Å². The molecule has 0 saturated heterocycles. The summed E-state index contributed by atoms with van der Waals surface area (Å²) in [5.74, 6) is 0.521. The third-order valence-corrected chi connectivity index (χ3v) is 1.77. The fourth-order valence-corrected chi connectivity index (χ4v) is 1.06. The van der Waals surface area contributed by atoms with Crippen molar-refractivity contribution in [3.8, 4) is 11.5 Å². The zero-order valence-electron chi connectivity index (χ0n) is 7.82. The molecule has 0 aliphatic carbocycles. The second-order valence-electron chi connectivity index (χ2n) is 2.84. The Morgan fingerprint density at radius 3 is 2.69 bits per heavy atom. The lowest BCUT2D eigenvalue weighted by molar-refractivity contribution is 0.198. The molecule has 3 nitrogen and oxygen atoms in total. The lowest BCUT2D eigenvalue weighted by Gasteiger charge is -2.09. The van der Waals surface area contributed by atoms with Crippen LogP contribution in [0.3, 0.4) is 0 Å². The average Bonchev–Trinajstić information content (AvgIpc) is 2.08. The summed E-state index contributed by atoms with van der Waals surface area (Å²) >= 11 is 0. The Bertz CT molecular complexity index is 281. The molecule has 1 atom stereocenters. The summed E-state index contributed by atoms with van der Waals surface area (Å²) in [5, 5.41) is 18.6. The fraction of sp³-hybridized carbons (Fsp3) is 0.400. The highest BCUT2D eigenvalue weighted by molar-refractivity contribution is 5.42. The number of phenolic OH excluding ortho intramolecular Hbond substituents is 1. The number of phenols is 1. The van der Waals surface area contributed by atoms with Crippen LogP contribution in [0.4, 0.5) is 0 Å². The molecule has 13 heavy (non-hydrogen) atoms. The van der Waals surface area contributed by atoms with Crippen molar-refractivity contribution >= 4 is 0 Å². The quantitative estimate of drug-likeness (QED) is 0.750. The van der Waals surface area contributed by atoms with Gasteiger partial charge in [-0.1, -0.05) is 6.07 Å². The van der Waals surface area contributed by atoms with E-state index in [1.165, 1.54) is 6.07 Å². The predicted molar refractivity (Wildman–Crippen MR) is 49.9 cm³/mol. The zero-order chi connectivity index (χ0) is 9.84. The van der Waals surface area contributed by atoms with Crippen LogP contribution in [-0.2, 0) is 0 Å². The molecule has 0 amide bonds. The SMILES string of the molecule is CCOc1cc(C(C)O)ccc1O. The number of hydrogen-bond acceptors (Lipinski definition) is 3. The van der Waals surface area contributed by atoms with E-state index in [-0.39, 0.29) is 5.75 Å². The minimum atomic E-state index is -0.542. The number of hydrogen-bond donors (Lipinski definition) is 2. The lowest BCUT2D eigenvalue weighted by atomic mass is 10.1. The van der Waals surface area contributed by atoms with Gasteiger partial charge in [-0.25, -0.2) is 0 Å². The van der Waals surface area contributed by atoms with Crippen LogP contribution in [0.1, 0.15) is 25.5 Å². The van der Waals surface area contributed by atoms with Crippen molar-refractivity contribution in [3.63, 3.8) is 0 Å². The molecule has 0 aromatic heterocycles. The van der Waals surface area contributed by atoms with Crippen molar-refractivity contribution in [1.29, 1.82) is 0 Å².